The van der Waals surface area contributed by atoms with Gasteiger partial charge in [0.15, 0.2) is 0 Å². The molecule has 5 heteroatoms. The Morgan fingerprint density at radius 3 is 2.71 bits per heavy atom. The quantitative estimate of drug-likeness (QED) is 0.790. The summed E-state index contributed by atoms with van der Waals surface area (Å²) in [6.45, 7) is 1.48. The van der Waals surface area contributed by atoms with E-state index in [9.17, 15) is 4.79 Å². The Balaban J connectivity index is 2.09. The fraction of sp³-hybridized carbons (Fsp3) is 0.250. The molecule has 0 fully saturated rings. The van der Waals surface area contributed by atoms with Crippen LogP contribution in [0.5, 0.6) is 0 Å². The maximum absolute atomic E-state index is 11.9. The molecule has 1 amide bonds. The van der Waals surface area contributed by atoms with E-state index >= 15 is 0 Å². The summed E-state index contributed by atoms with van der Waals surface area (Å²) in [5.41, 5.74) is 9.08. The number of benzene rings is 1. The largest absolute Gasteiger partial charge is 0.383 e. The molecule has 0 radical (unpaired) electrons. The number of nitrogens with two attached hydrogens (primary N) is 1. The third-order valence-corrected chi connectivity index (χ3v) is 3.09. The normalized spacial score (nSPS) is 10.4. The fourth-order valence-electron chi connectivity index (χ4n) is 1.92. The van der Waals surface area contributed by atoms with E-state index in [1.54, 1.807) is 25.4 Å². The zero-order valence-electron chi connectivity index (χ0n) is 12.0. The van der Waals surface area contributed by atoms with Crippen LogP contribution in [0.4, 0.5) is 0 Å². The lowest BCUT2D eigenvalue weighted by Gasteiger charge is -2.06. The third kappa shape index (κ3) is 4.11. The lowest BCUT2D eigenvalue weighted by Crippen LogP contribution is -2.26. The number of methoxy groups -OCH3 is 1. The number of hydrogen-bond donors (Lipinski definition) is 2. The first-order valence-corrected chi connectivity index (χ1v) is 6.77. The first kappa shape index (κ1) is 15.2. The minimum Gasteiger partial charge on any atom is -0.383 e. The summed E-state index contributed by atoms with van der Waals surface area (Å²) in [6.07, 6.45) is 1.74. The molecule has 0 saturated heterocycles. The molecule has 0 aliphatic carbocycles. The second-order valence-corrected chi connectivity index (χ2v) is 4.58. The Hall–Kier alpha value is -2.24. The molecule has 2 rings (SSSR count). The summed E-state index contributed by atoms with van der Waals surface area (Å²) in [5.74, 6) is -0.109. The van der Waals surface area contributed by atoms with Crippen LogP contribution < -0.4 is 11.1 Å². The van der Waals surface area contributed by atoms with E-state index in [-0.39, 0.29) is 5.91 Å². The predicted octanol–water partition coefficient (Wildman–Crippen LogP) is 1.58. The lowest BCUT2D eigenvalue weighted by atomic mass is 10.1. The molecule has 5 nitrogen and oxygen atoms in total. The highest BCUT2D eigenvalue weighted by Crippen LogP contribution is 2.18. The predicted molar refractivity (Wildman–Crippen MR) is 81.8 cm³/mol. The van der Waals surface area contributed by atoms with Crippen LogP contribution >= 0.6 is 0 Å². The summed E-state index contributed by atoms with van der Waals surface area (Å²) in [7, 11) is 1.60. The minimum absolute atomic E-state index is 0.109. The van der Waals surface area contributed by atoms with Crippen LogP contribution in [0.2, 0.25) is 0 Å². The number of amides is 1. The number of hydrogen-bond acceptors (Lipinski definition) is 4. The Kier molecular flexibility index (Phi) is 5.43. The second-order valence-electron chi connectivity index (χ2n) is 4.58. The van der Waals surface area contributed by atoms with Crippen molar-refractivity contribution in [2.24, 2.45) is 5.73 Å². The average Bonchev–Trinajstić information content (AvgIpc) is 2.55. The topological polar surface area (TPSA) is 77.2 Å². The average molecular weight is 285 g/mol. The number of carbonyl (C=O) groups excluding carboxylic acids is 1. The van der Waals surface area contributed by atoms with Crippen LogP contribution in [0.15, 0.2) is 42.6 Å². The molecule has 1 heterocycles. The number of ether oxygens (including phenoxy) is 1. The third-order valence-electron chi connectivity index (χ3n) is 3.09. The van der Waals surface area contributed by atoms with Crippen LogP contribution in [0.25, 0.3) is 11.3 Å². The molecule has 3 N–H and O–H groups in total. The van der Waals surface area contributed by atoms with Crippen LogP contribution in [-0.2, 0) is 11.3 Å². The van der Waals surface area contributed by atoms with E-state index in [1.165, 1.54) is 0 Å². The fourth-order valence-corrected chi connectivity index (χ4v) is 1.92. The summed E-state index contributed by atoms with van der Waals surface area (Å²) >= 11 is 0. The minimum atomic E-state index is -0.109. The van der Waals surface area contributed by atoms with Crippen LogP contribution in [0.3, 0.4) is 0 Å². The van der Waals surface area contributed by atoms with Crippen LogP contribution in [0.1, 0.15) is 15.9 Å². The van der Waals surface area contributed by atoms with Gasteiger partial charge in [-0.3, -0.25) is 9.78 Å². The Morgan fingerprint density at radius 1 is 1.29 bits per heavy atom. The summed E-state index contributed by atoms with van der Waals surface area (Å²) < 4.78 is 4.89. The van der Waals surface area contributed by atoms with E-state index in [2.05, 4.69) is 10.3 Å². The molecular weight excluding hydrogens is 266 g/mol. The van der Waals surface area contributed by atoms with Crippen molar-refractivity contribution in [2.45, 2.75) is 6.54 Å². The lowest BCUT2D eigenvalue weighted by molar-refractivity contribution is 0.0937. The van der Waals surface area contributed by atoms with Crippen molar-refractivity contribution in [3.63, 3.8) is 0 Å². The number of nitrogens with zero attached hydrogens (tertiary/aromatic N) is 1. The molecule has 0 aliphatic heterocycles. The van der Waals surface area contributed by atoms with Gasteiger partial charge >= 0.3 is 0 Å². The van der Waals surface area contributed by atoms with Gasteiger partial charge in [-0.05, 0) is 29.8 Å². The molecule has 0 atom stereocenters. The highest BCUT2D eigenvalue weighted by atomic mass is 16.5. The molecule has 0 unspecified atom stereocenters. The highest BCUT2D eigenvalue weighted by molar-refractivity contribution is 5.94. The van der Waals surface area contributed by atoms with E-state index in [4.69, 9.17) is 10.5 Å². The molecule has 21 heavy (non-hydrogen) atoms. The van der Waals surface area contributed by atoms with Gasteiger partial charge in [-0.15, -0.1) is 0 Å². The zero-order valence-corrected chi connectivity index (χ0v) is 12.0. The Labute approximate surface area is 124 Å². The molecule has 1 aromatic carbocycles. The molecule has 1 aromatic heterocycles. The molecule has 2 aromatic rings. The smallest absolute Gasteiger partial charge is 0.251 e. The van der Waals surface area contributed by atoms with Crippen molar-refractivity contribution >= 4 is 5.91 Å². The van der Waals surface area contributed by atoms with Crippen molar-refractivity contribution < 1.29 is 9.53 Å². The number of carbonyl (C=O) groups is 1. The van der Waals surface area contributed by atoms with Crippen molar-refractivity contribution in [3.05, 3.63) is 53.7 Å². The molecule has 0 aliphatic rings. The van der Waals surface area contributed by atoms with Gasteiger partial charge in [0.1, 0.15) is 0 Å². The molecular formula is C16H19N3O2. The summed E-state index contributed by atoms with van der Waals surface area (Å²) in [5, 5.41) is 2.78. The molecule has 0 bridgehead atoms. The van der Waals surface area contributed by atoms with Gasteiger partial charge in [0.05, 0.1) is 12.3 Å². The van der Waals surface area contributed by atoms with Crippen molar-refractivity contribution in [1.82, 2.24) is 10.3 Å². The standard InChI is InChI=1S/C16H19N3O2/c1-21-9-8-19-16(20)14-4-2-13(3-5-14)15-10-12(11-17)6-7-18-15/h2-7,10H,8-9,11,17H2,1H3,(H,19,20). The van der Waals surface area contributed by atoms with E-state index in [0.717, 1.165) is 16.8 Å². The Bertz CT molecular complexity index is 597. The monoisotopic (exact) mass is 285 g/mol. The first-order valence-electron chi connectivity index (χ1n) is 6.77. The van der Waals surface area contributed by atoms with Gasteiger partial charge in [0.2, 0.25) is 0 Å². The maximum Gasteiger partial charge on any atom is 0.251 e. The van der Waals surface area contributed by atoms with Crippen LogP contribution in [-0.4, -0.2) is 31.2 Å². The van der Waals surface area contributed by atoms with E-state index in [1.807, 2.05) is 24.3 Å². The molecule has 0 spiro atoms. The van der Waals surface area contributed by atoms with Crippen molar-refractivity contribution in [3.8, 4) is 11.3 Å². The summed E-state index contributed by atoms with van der Waals surface area (Å²) in [6, 6.07) is 11.2. The van der Waals surface area contributed by atoms with E-state index < -0.39 is 0 Å². The zero-order chi connectivity index (χ0) is 15.1. The number of aromatic nitrogens is 1. The van der Waals surface area contributed by atoms with Gasteiger partial charge < -0.3 is 15.8 Å². The first-order chi connectivity index (χ1) is 10.2. The van der Waals surface area contributed by atoms with E-state index in [0.29, 0.717) is 25.3 Å². The Morgan fingerprint density at radius 2 is 2.05 bits per heavy atom. The molecule has 0 saturated carbocycles. The number of nitrogens with one attached hydrogen (secondary N) is 1. The van der Waals surface area contributed by atoms with Crippen molar-refractivity contribution in [1.29, 1.82) is 0 Å². The number of pyridine rings is 1. The van der Waals surface area contributed by atoms with Crippen molar-refractivity contribution in [2.75, 3.05) is 20.3 Å². The van der Waals surface area contributed by atoms with Gasteiger partial charge in [-0.2, -0.15) is 0 Å². The van der Waals surface area contributed by atoms with Gasteiger partial charge in [-0.25, -0.2) is 0 Å². The van der Waals surface area contributed by atoms with Gasteiger partial charge in [-0.1, -0.05) is 12.1 Å². The van der Waals surface area contributed by atoms with Gasteiger partial charge in [0.25, 0.3) is 5.91 Å². The number of rotatable bonds is 6. The van der Waals surface area contributed by atoms with Gasteiger partial charge in [0, 0.05) is 37.5 Å². The SMILES string of the molecule is COCCNC(=O)c1ccc(-c2cc(CN)ccn2)cc1. The second kappa shape index (κ2) is 7.52. The highest BCUT2D eigenvalue weighted by Gasteiger charge is 2.06. The van der Waals surface area contributed by atoms with Crippen LogP contribution in [0, 0.1) is 0 Å². The molecule has 110 valence electrons. The summed E-state index contributed by atoms with van der Waals surface area (Å²) in [4.78, 5) is 16.2. The maximum atomic E-state index is 11.9.